The minimum absolute atomic E-state index is 0. The molecule has 1 heteroatoms. The third-order valence-corrected chi connectivity index (χ3v) is 1.48. The van der Waals surface area contributed by atoms with Gasteiger partial charge in [-0.2, -0.15) is 0 Å². The molecular weight excluding hydrogens is 124 g/mol. The van der Waals surface area contributed by atoms with E-state index in [1.165, 1.54) is 12.8 Å². The molecule has 64 valence electrons. The van der Waals surface area contributed by atoms with Crippen molar-refractivity contribution >= 4 is 0 Å². The van der Waals surface area contributed by atoms with E-state index in [-0.39, 0.29) is 7.43 Å². The molecule has 0 radical (unpaired) electrons. The van der Waals surface area contributed by atoms with Crippen molar-refractivity contribution in [3.8, 4) is 0 Å². The molecule has 0 amide bonds. The van der Waals surface area contributed by atoms with Gasteiger partial charge in [-0.15, -0.1) is 0 Å². The first-order valence-electron chi connectivity index (χ1n) is 3.92. The number of rotatable bonds is 5. The van der Waals surface area contributed by atoms with Crippen LogP contribution in [0.5, 0.6) is 0 Å². The van der Waals surface area contributed by atoms with Gasteiger partial charge in [0.1, 0.15) is 0 Å². The summed E-state index contributed by atoms with van der Waals surface area (Å²) in [7, 11) is 0. The van der Waals surface area contributed by atoms with Gasteiger partial charge in [-0.25, -0.2) is 0 Å². The minimum Gasteiger partial charge on any atom is -0.379 e. The molecule has 10 heavy (non-hydrogen) atoms. The van der Waals surface area contributed by atoms with Gasteiger partial charge in [0, 0.05) is 6.61 Å². The predicted molar refractivity (Wildman–Crippen MR) is 47.3 cm³/mol. The minimum atomic E-state index is 0. The van der Waals surface area contributed by atoms with Crippen LogP contribution in [0.1, 0.15) is 47.5 Å². The van der Waals surface area contributed by atoms with Gasteiger partial charge in [0.05, 0.1) is 6.10 Å². The molecule has 0 rings (SSSR count). The van der Waals surface area contributed by atoms with E-state index >= 15 is 0 Å². The summed E-state index contributed by atoms with van der Waals surface area (Å²) in [5, 5.41) is 0. The van der Waals surface area contributed by atoms with E-state index < -0.39 is 0 Å². The summed E-state index contributed by atoms with van der Waals surface area (Å²) in [6.07, 6.45) is 4.02. The highest BCUT2D eigenvalue weighted by Crippen LogP contribution is 1.97. The average molecular weight is 146 g/mol. The van der Waals surface area contributed by atoms with E-state index in [1.54, 1.807) is 0 Å². The van der Waals surface area contributed by atoms with Crippen LogP contribution in [-0.4, -0.2) is 12.7 Å². The predicted octanol–water partition coefficient (Wildman–Crippen LogP) is 3.24. The summed E-state index contributed by atoms with van der Waals surface area (Å²) in [4.78, 5) is 0. The molecular formula is C9H22O. The van der Waals surface area contributed by atoms with Gasteiger partial charge in [0.2, 0.25) is 0 Å². The van der Waals surface area contributed by atoms with Crippen LogP contribution in [-0.2, 0) is 4.74 Å². The van der Waals surface area contributed by atoms with Gasteiger partial charge in [-0.05, 0) is 19.8 Å². The second-order valence-electron chi connectivity index (χ2n) is 2.44. The van der Waals surface area contributed by atoms with E-state index in [4.69, 9.17) is 4.74 Å². The largest absolute Gasteiger partial charge is 0.379 e. The molecule has 0 aliphatic heterocycles. The molecule has 0 N–H and O–H groups in total. The molecule has 0 fully saturated rings. The van der Waals surface area contributed by atoms with Gasteiger partial charge >= 0.3 is 0 Å². The Morgan fingerprint density at radius 2 is 1.90 bits per heavy atom. The summed E-state index contributed by atoms with van der Waals surface area (Å²) in [6, 6.07) is 0. The molecule has 0 bridgehead atoms. The lowest BCUT2D eigenvalue weighted by molar-refractivity contribution is 0.0617. The molecule has 0 aromatic heterocycles. The fourth-order valence-electron chi connectivity index (χ4n) is 0.547. The summed E-state index contributed by atoms with van der Waals surface area (Å²) >= 11 is 0. The highest BCUT2D eigenvalue weighted by atomic mass is 16.5. The number of ether oxygens (including phenoxy) is 1. The molecule has 1 unspecified atom stereocenters. The molecule has 0 aliphatic carbocycles. The SMILES string of the molecule is C.CCCCOC(C)CC. The lowest BCUT2D eigenvalue weighted by Crippen LogP contribution is -2.06. The fourth-order valence-corrected chi connectivity index (χ4v) is 0.547. The fraction of sp³-hybridized carbons (Fsp3) is 1.00. The van der Waals surface area contributed by atoms with Crippen molar-refractivity contribution in [2.24, 2.45) is 0 Å². The van der Waals surface area contributed by atoms with Crippen LogP contribution in [0.15, 0.2) is 0 Å². The Morgan fingerprint density at radius 3 is 2.30 bits per heavy atom. The number of hydrogen-bond acceptors (Lipinski definition) is 1. The topological polar surface area (TPSA) is 9.23 Å². The summed E-state index contributed by atoms with van der Waals surface area (Å²) in [5.74, 6) is 0. The van der Waals surface area contributed by atoms with E-state index in [0.29, 0.717) is 6.10 Å². The Balaban J connectivity index is 0. The van der Waals surface area contributed by atoms with Crippen molar-refractivity contribution in [1.29, 1.82) is 0 Å². The lowest BCUT2D eigenvalue weighted by atomic mass is 10.3. The standard InChI is InChI=1S/C8H18O.CH4/c1-4-6-7-9-8(3)5-2;/h8H,4-7H2,1-3H3;1H4. The van der Waals surface area contributed by atoms with E-state index in [9.17, 15) is 0 Å². The zero-order chi connectivity index (χ0) is 7.11. The number of unbranched alkanes of at least 4 members (excludes halogenated alkanes) is 1. The quantitative estimate of drug-likeness (QED) is 0.541. The summed E-state index contributed by atoms with van der Waals surface area (Å²) in [5.41, 5.74) is 0. The van der Waals surface area contributed by atoms with Crippen LogP contribution in [0.4, 0.5) is 0 Å². The first kappa shape index (κ1) is 12.6. The third kappa shape index (κ3) is 7.96. The van der Waals surface area contributed by atoms with Crippen LogP contribution in [0.3, 0.4) is 0 Å². The van der Waals surface area contributed by atoms with E-state index in [2.05, 4.69) is 20.8 Å². The Morgan fingerprint density at radius 1 is 1.30 bits per heavy atom. The first-order chi connectivity index (χ1) is 4.31. The van der Waals surface area contributed by atoms with Crippen molar-refractivity contribution < 1.29 is 4.74 Å². The molecule has 0 saturated heterocycles. The molecule has 0 aromatic rings. The zero-order valence-electron chi connectivity index (χ0n) is 6.81. The van der Waals surface area contributed by atoms with Crippen molar-refractivity contribution in [3.05, 3.63) is 0 Å². The van der Waals surface area contributed by atoms with Gasteiger partial charge in [-0.3, -0.25) is 0 Å². The van der Waals surface area contributed by atoms with Crippen LogP contribution in [0, 0.1) is 0 Å². The van der Waals surface area contributed by atoms with E-state index in [1.807, 2.05) is 0 Å². The van der Waals surface area contributed by atoms with Crippen molar-refractivity contribution in [3.63, 3.8) is 0 Å². The normalized spacial score (nSPS) is 12.3. The Bertz CT molecular complexity index is 52.7. The highest BCUT2D eigenvalue weighted by molar-refractivity contribution is 4.43. The van der Waals surface area contributed by atoms with Crippen LogP contribution in [0.25, 0.3) is 0 Å². The Labute approximate surface area is 65.8 Å². The smallest absolute Gasteiger partial charge is 0.0544 e. The molecule has 1 nitrogen and oxygen atoms in total. The zero-order valence-corrected chi connectivity index (χ0v) is 6.81. The van der Waals surface area contributed by atoms with Gasteiger partial charge in [-0.1, -0.05) is 27.7 Å². The molecule has 0 aromatic carbocycles. The van der Waals surface area contributed by atoms with Gasteiger partial charge in [0.15, 0.2) is 0 Å². The maximum Gasteiger partial charge on any atom is 0.0544 e. The monoisotopic (exact) mass is 146 g/mol. The van der Waals surface area contributed by atoms with Crippen molar-refractivity contribution in [1.82, 2.24) is 0 Å². The van der Waals surface area contributed by atoms with Crippen LogP contribution in [0.2, 0.25) is 0 Å². The van der Waals surface area contributed by atoms with Gasteiger partial charge in [0.25, 0.3) is 0 Å². The maximum atomic E-state index is 5.43. The van der Waals surface area contributed by atoms with E-state index in [0.717, 1.165) is 13.0 Å². The first-order valence-corrected chi connectivity index (χ1v) is 3.92. The highest BCUT2D eigenvalue weighted by Gasteiger charge is 1.94. The van der Waals surface area contributed by atoms with Crippen LogP contribution >= 0.6 is 0 Å². The average Bonchev–Trinajstić information content (AvgIpc) is 1.89. The summed E-state index contributed by atoms with van der Waals surface area (Å²) < 4.78 is 5.43. The molecule has 0 spiro atoms. The van der Waals surface area contributed by atoms with Gasteiger partial charge < -0.3 is 4.74 Å². The van der Waals surface area contributed by atoms with Crippen molar-refractivity contribution in [2.75, 3.05) is 6.61 Å². The molecule has 0 aliphatic rings. The Kier molecular flexibility index (Phi) is 11.3. The second-order valence-corrected chi connectivity index (χ2v) is 2.44. The second kappa shape index (κ2) is 8.96. The molecule has 1 atom stereocenters. The number of hydrogen-bond donors (Lipinski definition) is 0. The summed E-state index contributed by atoms with van der Waals surface area (Å²) in [6.45, 7) is 7.39. The molecule has 0 saturated carbocycles. The Hall–Kier alpha value is -0.0400. The lowest BCUT2D eigenvalue weighted by Gasteiger charge is -2.08. The van der Waals surface area contributed by atoms with Crippen molar-refractivity contribution in [2.45, 2.75) is 53.6 Å². The molecule has 0 heterocycles. The third-order valence-electron chi connectivity index (χ3n) is 1.48. The van der Waals surface area contributed by atoms with Crippen LogP contribution < -0.4 is 0 Å². The maximum absolute atomic E-state index is 5.43.